The van der Waals surface area contributed by atoms with E-state index in [1.54, 1.807) is 7.11 Å². The van der Waals surface area contributed by atoms with Crippen molar-refractivity contribution in [3.63, 3.8) is 0 Å². The predicted octanol–water partition coefficient (Wildman–Crippen LogP) is 2.60. The molecule has 1 N–H and O–H groups in total. The summed E-state index contributed by atoms with van der Waals surface area (Å²) in [6, 6.07) is 11.1. The normalized spacial score (nSPS) is 20.8. The van der Waals surface area contributed by atoms with Gasteiger partial charge in [-0.05, 0) is 18.4 Å². The van der Waals surface area contributed by atoms with Crippen LogP contribution >= 0.6 is 0 Å². The van der Waals surface area contributed by atoms with Crippen LogP contribution in [0.25, 0.3) is 0 Å². The van der Waals surface area contributed by atoms with E-state index in [0.717, 1.165) is 32.5 Å². The predicted molar refractivity (Wildman–Crippen MR) is 86.5 cm³/mol. The number of halogens is 3. The first kappa shape index (κ1) is 21.4. The van der Waals surface area contributed by atoms with Crippen molar-refractivity contribution in [2.45, 2.75) is 31.2 Å². The Kier molecular flexibility index (Phi) is 8.88. The lowest BCUT2D eigenvalue weighted by Gasteiger charge is -2.27. The van der Waals surface area contributed by atoms with E-state index in [1.165, 1.54) is 5.56 Å². The topological polar surface area (TPSA) is 59.0 Å². The molecule has 0 aliphatic carbocycles. The summed E-state index contributed by atoms with van der Waals surface area (Å²) >= 11 is 0. The number of hydrogen-bond acceptors (Lipinski definition) is 4. The van der Waals surface area contributed by atoms with Gasteiger partial charge in [-0.25, -0.2) is 4.79 Å². The number of carbonyl (C=O) groups is 1. The summed E-state index contributed by atoms with van der Waals surface area (Å²) in [4.78, 5) is 11.4. The third-order valence-corrected chi connectivity index (χ3v) is 4.01. The van der Waals surface area contributed by atoms with Gasteiger partial charge in [0.2, 0.25) is 0 Å². The van der Waals surface area contributed by atoms with Crippen molar-refractivity contribution in [1.29, 1.82) is 0 Å². The molecule has 142 valence electrons. The number of aliphatic carboxylic acids is 1. The molecule has 5 nitrogen and oxygen atoms in total. The van der Waals surface area contributed by atoms with Gasteiger partial charge in [-0.15, -0.1) is 0 Å². The third kappa shape index (κ3) is 7.41. The SMILES string of the molecule is COCCN1CC[C@H](OC)[C@@H]1Cc1ccccc1.O=C(O)C(F)(F)F. The fourth-order valence-corrected chi connectivity index (χ4v) is 2.76. The highest BCUT2D eigenvalue weighted by atomic mass is 19.4. The third-order valence-electron chi connectivity index (χ3n) is 4.01. The number of likely N-dealkylation sites (tertiary alicyclic amines) is 1. The molecule has 0 radical (unpaired) electrons. The first-order valence-corrected chi connectivity index (χ1v) is 7.89. The minimum Gasteiger partial charge on any atom is -0.475 e. The summed E-state index contributed by atoms with van der Waals surface area (Å²) in [6.07, 6.45) is -2.55. The van der Waals surface area contributed by atoms with Crippen molar-refractivity contribution in [2.24, 2.45) is 0 Å². The number of nitrogens with zero attached hydrogens (tertiary/aromatic N) is 1. The lowest BCUT2D eigenvalue weighted by Crippen LogP contribution is -2.39. The summed E-state index contributed by atoms with van der Waals surface area (Å²) in [7, 11) is 3.58. The molecule has 0 spiro atoms. The molecule has 2 rings (SSSR count). The molecule has 8 heteroatoms. The molecule has 1 aromatic carbocycles. The molecular weight excluding hydrogens is 339 g/mol. The summed E-state index contributed by atoms with van der Waals surface area (Å²) in [5, 5.41) is 7.12. The lowest BCUT2D eigenvalue weighted by atomic mass is 10.0. The quantitative estimate of drug-likeness (QED) is 0.842. The van der Waals surface area contributed by atoms with E-state index in [0.29, 0.717) is 12.1 Å². The van der Waals surface area contributed by atoms with E-state index in [2.05, 4.69) is 35.2 Å². The number of alkyl halides is 3. The van der Waals surface area contributed by atoms with Crippen LogP contribution in [0.4, 0.5) is 13.2 Å². The average Bonchev–Trinajstić information content (AvgIpc) is 2.95. The van der Waals surface area contributed by atoms with Gasteiger partial charge in [-0.3, -0.25) is 4.90 Å². The minimum atomic E-state index is -5.08. The van der Waals surface area contributed by atoms with Crippen LogP contribution in [0.5, 0.6) is 0 Å². The average molecular weight is 363 g/mol. The van der Waals surface area contributed by atoms with Crippen molar-refractivity contribution in [1.82, 2.24) is 4.90 Å². The maximum atomic E-state index is 10.6. The minimum absolute atomic E-state index is 0.349. The highest BCUT2D eigenvalue weighted by Gasteiger charge is 2.38. The maximum absolute atomic E-state index is 10.6. The van der Waals surface area contributed by atoms with Crippen LogP contribution in [0.1, 0.15) is 12.0 Å². The van der Waals surface area contributed by atoms with Gasteiger partial charge < -0.3 is 14.6 Å². The zero-order chi connectivity index (χ0) is 18.9. The smallest absolute Gasteiger partial charge is 0.475 e. The Labute approximate surface area is 145 Å². The van der Waals surface area contributed by atoms with Gasteiger partial charge in [0, 0.05) is 33.4 Å². The molecule has 0 bridgehead atoms. The second-order valence-electron chi connectivity index (χ2n) is 5.65. The molecule has 1 fully saturated rings. The van der Waals surface area contributed by atoms with Crippen LogP contribution < -0.4 is 0 Å². The van der Waals surface area contributed by atoms with Crippen molar-refractivity contribution in [3.8, 4) is 0 Å². The zero-order valence-electron chi connectivity index (χ0n) is 14.3. The van der Waals surface area contributed by atoms with Gasteiger partial charge in [-0.2, -0.15) is 13.2 Å². The van der Waals surface area contributed by atoms with Gasteiger partial charge in [0.25, 0.3) is 0 Å². The van der Waals surface area contributed by atoms with Crippen LogP contribution in [0, 0.1) is 0 Å². The molecule has 0 unspecified atom stereocenters. The number of hydrogen-bond donors (Lipinski definition) is 1. The Morgan fingerprint density at radius 2 is 1.88 bits per heavy atom. The number of methoxy groups -OCH3 is 2. The van der Waals surface area contributed by atoms with E-state index in [-0.39, 0.29) is 0 Å². The Morgan fingerprint density at radius 1 is 1.28 bits per heavy atom. The number of ether oxygens (including phenoxy) is 2. The first-order chi connectivity index (χ1) is 11.8. The molecule has 1 saturated heterocycles. The van der Waals surface area contributed by atoms with Crippen molar-refractivity contribution in [3.05, 3.63) is 35.9 Å². The molecule has 2 atom stereocenters. The fourth-order valence-electron chi connectivity index (χ4n) is 2.76. The van der Waals surface area contributed by atoms with Crippen molar-refractivity contribution in [2.75, 3.05) is 33.9 Å². The summed E-state index contributed by atoms with van der Waals surface area (Å²) < 4.78 is 42.5. The van der Waals surface area contributed by atoms with Crippen LogP contribution in [0.3, 0.4) is 0 Å². The van der Waals surface area contributed by atoms with E-state index in [1.807, 2.05) is 7.11 Å². The van der Waals surface area contributed by atoms with Crippen LogP contribution in [-0.4, -0.2) is 68.2 Å². The van der Waals surface area contributed by atoms with E-state index >= 15 is 0 Å². The molecule has 0 aromatic heterocycles. The van der Waals surface area contributed by atoms with Gasteiger partial charge in [0.05, 0.1) is 12.7 Å². The second-order valence-corrected chi connectivity index (χ2v) is 5.65. The molecular formula is C17H24F3NO4. The number of carboxylic acids is 1. The molecule has 1 aromatic rings. The van der Waals surface area contributed by atoms with Crippen molar-refractivity contribution < 1.29 is 32.5 Å². The fraction of sp³-hybridized carbons (Fsp3) is 0.588. The Balaban J connectivity index is 0.000000381. The monoisotopic (exact) mass is 363 g/mol. The van der Waals surface area contributed by atoms with E-state index < -0.39 is 12.1 Å². The van der Waals surface area contributed by atoms with Gasteiger partial charge in [-0.1, -0.05) is 30.3 Å². The Hall–Kier alpha value is -1.64. The summed E-state index contributed by atoms with van der Waals surface area (Å²) in [5.74, 6) is -2.76. The van der Waals surface area contributed by atoms with Crippen LogP contribution in [-0.2, 0) is 20.7 Å². The van der Waals surface area contributed by atoms with Crippen LogP contribution in [0.15, 0.2) is 30.3 Å². The summed E-state index contributed by atoms with van der Waals surface area (Å²) in [6.45, 7) is 2.90. The zero-order valence-corrected chi connectivity index (χ0v) is 14.3. The molecule has 1 aliphatic heterocycles. The number of carboxylic acid groups (broad SMARTS) is 1. The van der Waals surface area contributed by atoms with Crippen LogP contribution in [0.2, 0.25) is 0 Å². The maximum Gasteiger partial charge on any atom is 0.490 e. The highest BCUT2D eigenvalue weighted by Crippen LogP contribution is 2.23. The standard InChI is InChI=1S/C15H23NO2.C2HF3O2/c1-17-11-10-16-9-8-15(18-2)14(16)12-13-6-4-3-5-7-13;3-2(4,5)1(6)7/h3-7,14-15H,8-12H2,1-2H3;(H,6,7)/t14-,15-;/m0./s1. The molecule has 1 aliphatic rings. The number of benzene rings is 1. The lowest BCUT2D eigenvalue weighted by molar-refractivity contribution is -0.192. The molecule has 0 amide bonds. The summed E-state index contributed by atoms with van der Waals surface area (Å²) in [5.41, 5.74) is 1.38. The van der Waals surface area contributed by atoms with Gasteiger partial charge in [0.1, 0.15) is 0 Å². The van der Waals surface area contributed by atoms with Gasteiger partial charge >= 0.3 is 12.1 Å². The Bertz CT molecular complexity index is 510. The highest BCUT2D eigenvalue weighted by molar-refractivity contribution is 5.73. The number of rotatable bonds is 6. The molecule has 0 saturated carbocycles. The first-order valence-electron chi connectivity index (χ1n) is 7.89. The molecule has 25 heavy (non-hydrogen) atoms. The van der Waals surface area contributed by atoms with Gasteiger partial charge in [0.15, 0.2) is 0 Å². The van der Waals surface area contributed by atoms with E-state index in [4.69, 9.17) is 19.4 Å². The largest absolute Gasteiger partial charge is 0.490 e. The Morgan fingerprint density at radius 3 is 2.36 bits per heavy atom. The van der Waals surface area contributed by atoms with E-state index in [9.17, 15) is 13.2 Å². The second kappa shape index (κ2) is 10.4. The van der Waals surface area contributed by atoms with Crippen molar-refractivity contribution >= 4 is 5.97 Å². The molecule has 1 heterocycles.